The molecule has 0 atom stereocenters. The monoisotopic (exact) mass is 225 g/mol. The smallest absolute Gasteiger partial charge is 0.339 e. The minimum Gasteiger partial charge on any atom is -0.478 e. The van der Waals surface area contributed by atoms with E-state index < -0.39 is 5.97 Å². The zero-order valence-corrected chi connectivity index (χ0v) is 8.63. The number of furan rings is 1. The maximum absolute atomic E-state index is 10.9. The Hall–Kier alpha value is -1.68. The van der Waals surface area contributed by atoms with Gasteiger partial charge in [0.15, 0.2) is 5.76 Å². The Bertz CT molecular complexity index is 499. The highest BCUT2D eigenvalue weighted by atomic mass is 35.5. The molecule has 2 heterocycles. The van der Waals surface area contributed by atoms with Crippen molar-refractivity contribution in [2.75, 3.05) is 0 Å². The summed E-state index contributed by atoms with van der Waals surface area (Å²) < 4.78 is 5.14. The van der Waals surface area contributed by atoms with Crippen molar-refractivity contribution >= 4 is 17.6 Å². The number of nitrogens with one attached hydrogen (secondary N) is 1. The van der Waals surface area contributed by atoms with Gasteiger partial charge in [-0.25, -0.2) is 4.79 Å². The Balaban J connectivity index is 2.61. The molecule has 0 aliphatic rings. The maximum atomic E-state index is 10.9. The number of aryl methyl sites for hydroxylation is 1. The van der Waals surface area contributed by atoms with E-state index in [2.05, 4.69) is 4.98 Å². The van der Waals surface area contributed by atoms with Crippen molar-refractivity contribution in [3.8, 4) is 11.5 Å². The molecule has 78 valence electrons. The van der Waals surface area contributed by atoms with Crippen LogP contribution in [0.4, 0.5) is 0 Å². The Kier molecular flexibility index (Phi) is 2.28. The molecule has 0 saturated heterocycles. The molecule has 0 aliphatic carbocycles. The van der Waals surface area contributed by atoms with E-state index in [1.54, 1.807) is 19.1 Å². The molecule has 2 aromatic rings. The molecule has 15 heavy (non-hydrogen) atoms. The topological polar surface area (TPSA) is 66.2 Å². The van der Waals surface area contributed by atoms with Gasteiger partial charge in [-0.3, -0.25) is 0 Å². The molecule has 2 rings (SSSR count). The molecule has 0 spiro atoms. The zero-order chi connectivity index (χ0) is 11.0. The summed E-state index contributed by atoms with van der Waals surface area (Å²) in [6.07, 6.45) is 1.50. The van der Waals surface area contributed by atoms with E-state index in [1.165, 1.54) is 6.26 Å². The zero-order valence-electron chi connectivity index (χ0n) is 7.87. The van der Waals surface area contributed by atoms with Crippen LogP contribution in [0.1, 0.15) is 16.1 Å². The van der Waals surface area contributed by atoms with Crippen LogP contribution in [0.3, 0.4) is 0 Å². The number of hydrogen-bond donors (Lipinski definition) is 2. The lowest BCUT2D eigenvalue weighted by Gasteiger charge is -1.93. The number of carboxylic acid groups (broad SMARTS) is 1. The van der Waals surface area contributed by atoms with Crippen LogP contribution in [-0.2, 0) is 0 Å². The standard InChI is InChI=1S/C10H8ClNO3/c1-5-7(10(13)14)8(11)9(12-5)6-3-2-4-15-6/h2-4,12H,1H3,(H,13,14). The molecule has 4 nitrogen and oxygen atoms in total. The Morgan fingerprint density at radius 3 is 2.80 bits per heavy atom. The number of aromatic amines is 1. The van der Waals surface area contributed by atoms with Gasteiger partial charge in [-0.1, -0.05) is 11.6 Å². The van der Waals surface area contributed by atoms with Crippen molar-refractivity contribution in [3.05, 3.63) is 34.7 Å². The number of rotatable bonds is 2. The number of H-pyrrole nitrogens is 1. The van der Waals surface area contributed by atoms with E-state index in [9.17, 15) is 4.79 Å². The number of carboxylic acids is 1. The van der Waals surface area contributed by atoms with Crippen LogP contribution < -0.4 is 0 Å². The molecule has 0 amide bonds. The van der Waals surface area contributed by atoms with E-state index >= 15 is 0 Å². The molecule has 5 heteroatoms. The second-order valence-electron chi connectivity index (χ2n) is 3.10. The van der Waals surface area contributed by atoms with E-state index in [0.717, 1.165) is 0 Å². The molecule has 0 bridgehead atoms. The fourth-order valence-electron chi connectivity index (χ4n) is 1.44. The van der Waals surface area contributed by atoms with Gasteiger partial charge in [0.05, 0.1) is 16.8 Å². The number of aromatic nitrogens is 1. The summed E-state index contributed by atoms with van der Waals surface area (Å²) in [5.41, 5.74) is 1.10. The van der Waals surface area contributed by atoms with Gasteiger partial charge >= 0.3 is 5.97 Å². The minimum atomic E-state index is -1.05. The number of carbonyl (C=O) groups is 1. The first-order chi connectivity index (χ1) is 7.11. The fraction of sp³-hybridized carbons (Fsp3) is 0.100. The van der Waals surface area contributed by atoms with E-state index in [4.69, 9.17) is 21.1 Å². The average molecular weight is 226 g/mol. The third-order valence-corrected chi connectivity index (χ3v) is 2.49. The van der Waals surface area contributed by atoms with Gasteiger partial charge in [-0.15, -0.1) is 0 Å². The summed E-state index contributed by atoms with van der Waals surface area (Å²) in [5.74, 6) is -0.526. The Morgan fingerprint density at radius 2 is 2.33 bits per heavy atom. The molecule has 0 fully saturated rings. The van der Waals surface area contributed by atoms with E-state index in [-0.39, 0.29) is 10.6 Å². The molecule has 2 N–H and O–H groups in total. The summed E-state index contributed by atoms with van der Waals surface area (Å²) in [7, 11) is 0. The van der Waals surface area contributed by atoms with Crippen molar-refractivity contribution < 1.29 is 14.3 Å². The van der Waals surface area contributed by atoms with Crippen LogP contribution in [0.25, 0.3) is 11.5 Å². The first kappa shape index (κ1) is 9.86. The quantitative estimate of drug-likeness (QED) is 0.826. The lowest BCUT2D eigenvalue weighted by Crippen LogP contribution is -1.96. The van der Waals surface area contributed by atoms with Gasteiger partial charge in [0, 0.05) is 5.69 Å². The first-order valence-corrected chi connectivity index (χ1v) is 4.64. The van der Waals surface area contributed by atoms with Crippen LogP contribution in [0.15, 0.2) is 22.8 Å². The fourth-order valence-corrected chi connectivity index (χ4v) is 1.80. The Morgan fingerprint density at radius 1 is 1.60 bits per heavy atom. The molecular formula is C10H8ClNO3. The second kappa shape index (κ2) is 3.47. The van der Waals surface area contributed by atoms with Gasteiger partial charge in [-0.2, -0.15) is 0 Å². The maximum Gasteiger partial charge on any atom is 0.339 e. The summed E-state index contributed by atoms with van der Waals surface area (Å²) in [5, 5.41) is 9.10. The summed E-state index contributed by atoms with van der Waals surface area (Å²) in [6.45, 7) is 1.65. The number of aromatic carboxylic acids is 1. The highest BCUT2D eigenvalue weighted by molar-refractivity contribution is 6.36. The molecule has 0 unspecified atom stereocenters. The predicted molar refractivity (Wildman–Crippen MR) is 55.2 cm³/mol. The van der Waals surface area contributed by atoms with Crippen LogP contribution in [0.2, 0.25) is 5.02 Å². The van der Waals surface area contributed by atoms with Gasteiger partial charge in [-0.05, 0) is 19.1 Å². The molecule has 0 aliphatic heterocycles. The molecule has 0 radical (unpaired) electrons. The first-order valence-electron chi connectivity index (χ1n) is 4.26. The normalized spacial score (nSPS) is 10.5. The summed E-state index contributed by atoms with van der Waals surface area (Å²) in [4.78, 5) is 13.8. The summed E-state index contributed by atoms with van der Waals surface area (Å²) in [6, 6.07) is 3.42. The highest BCUT2D eigenvalue weighted by Gasteiger charge is 2.20. The van der Waals surface area contributed by atoms with Crippen molar-refractivity contribution in [2.45, 2.75) is 6.92 Å². The van der Waals surface area contributed by atoms with Crippen LogP contribution >= 0.6 is 11.6 Å². The lowest BCUT2D eigenvalue weighted by atomic mass is 10.2. The number of hydrogen-bond acceptors (Lipinski definition) is 2. The minimum absolute atomic E-state index is 0.0862. The third-order valence-electron chi connectivity index (χ3n) is 2.11. The molecule has 2 aromatic heterocycles. The lowest BCUT2D eigenvalue weighted by molar-refractivity contribution is 0.0696. The predicted octanol–water partition coefficient (Wildman–Crippen LogP) is 2.93. The van der Waals surface area contributed by atoms with Crippen molar-refractivity contribution in [2.24, 2.45) is 0 Å². The third kappa shape index (κ3) is 1.53. The SMILES string of the molecule is Cc1[nH]c(-c2ccco2)c(Cl)c1C(=O)O. The van der Waals surface area contributed by atoms with Gasteiger partial charge < -0.3 is 14.5 Å². The summed E-state index contributed by atoms with van der Waals surface area (Å²) >= 11 is 5.94. The van der Waals surface area contributed by atoms with Crippen molar-refractivity contribution in [1.82, 2.24) is 4.98 Å². The number of halogens is 1. The Labute approximate surface area is 90.5 Å². The highest BCUT2D eigenvalue weighted by Crippen LogP contribution is 2.32. The van der Waals surface area contributed by atoms with Gasteiger partial charge in [0.2, 0.25) is 0 Å². The van der Waals surface area contributed by atoms with Crippen LogP contribution in [0, 0.1) is 6.92 Å². The second-order valence-corrected chi connectivity index (χ2v) is 3.47. The molecular weight excluding hydrogens is 218 g/mol. The van der Waals surface area contributed by atoms with Gasteiger partial charge in [0.25, 0.3) is 0 Å². The van der Waals surface area contributed by atoms with Crippen molar-refractivity contribution in [3.63, 3.8) is 0 Å². The van der Waals surface area contributed by atoms with Gasteiger partial charge in [0.1, 0.15) is 5.69 Å². The van der Waals surface area contributed by atoms with E-state index in [0.29, 0.717) is 17.1 Å². The van der Waals surface area contributed by atoms with Crippen LogP contribution in [0.5, 0.6) is 0 Å². The molecule has 0 saturated carbocycles. The largest absolute Gasteiger partial charge is 0.478 e. The molecule has 0 aromatic carbocycles. The van der Waals surface area contributed by atoms with E-state index in [1.807, 2.05) is 0 Å². The average Bonchev–Trinajstić information content (AvgIpc) is 2.72. The van der Waals surface area contributed by atoms with Crippen molar-refractivity contribution in [1.29, 1.82) is 0 Å². The van der Waals surface area contributed by atoms with Crippen LogP contribution in [-0.4, -0.2) is 16.1 Å².